The highest BCUT2D eigenvalue weighted by Gasteiger charge is 2.35. The zero-order chi connectivity index (χ0) is 33.2. The molecule has 2 aromatic rings. The summed E-state index contributed by atoms with van der Waals surface area (Å²) in [6.45, 7) is 15.2. The first kappa shape index (κ1) is 34.8. The number of nitrogens with zero attached hydrogens (tertiary/aromatic N) is 4. The van der Waals surface area contributed by atoms with E-state index in [1.54, 1.807) is 20.2 Å². The minimum absolute atomic E-state index is 0.0516. The first-order valence-corrected chi connectivity index (χ1v) is 17.1. The Hall–Kier alpha value is -3.06. The van der Waals surface area contributed by atoms with Crippen molar-refractivity contribution < 1.29 is 28.2 Å². The van der Waals surface area contributed by atoms with Crippen molar-refractivity contribution in [1.82, 2.24) is 29.7 Å². The van der Waals surface area contributed by atoms with Gasteiger partial charge in [-0.3, -0.25) is 14.2 Å². The maximum atomic E-state index is 14.1. The van der Waals surface area contributed by atoms with Gasteiger partial charge in [-0.25, -0.2) is 15.2 Å². The molecule has 0 spiro atoms. The zero-order valence-electron chi connectivity index (χ0n) is 27.6. The fourth-order valence-electron chi connectivity index (χ4n) is 4.53. The van der Waals surface area contributed by atoms with Crippen molar-refractivity contribution in [3.8, 4) is 0 Å². The van der Waals surface area contributed by atoms with Crippen LogP contribution in [0.15, 0.2) is 18.5 Å². The molecule has 0 aliphatic heterocycles. The van der Waals surface area contributed by atoms with Crippen molar-refractivity contribution in [3.05, 3.63) is 18.5 Å². The number of nitrogens with two attached hydrogens (primary N) is 1. The van der Waals surface area contributed by atoms with Gasteiger partial charge in [0.1, 0.15) is 12.1 Å². The smallest absolute Gasteiger partial charge is 0.342 e. The number of ether oxygens (including phenoxy) is 2. The van der Waals surface area contributed by atoms with E-state index in [1.807, 2.05) is 58.3 Å². The molecule has 0 bridgehead atoms. The molecule has 15 heteroatoms. The van der Waals surface area contributed by atoms with E-state index in [4.69, 9.17) is 19.7 Å². The Bertz CT molecular complexity index is 1400. The summed E-state index contributed by atoms with van der Waals surface area (Å²) in [6.07, 6.45) is 8.51. The summed E-state index contributed by atoms with van der Waals surface area (Å²) in [5.41, 5.74) is 6.82. The van der Waals surface area contributed by atoms with Gasteiger partial charge in [0, 0.05) is 12.0 Å². The third kappa shape index (κ3) is 10.2. The van der Waals surface area contributed by atoms with Crippen LogP contribution in [0.25, 0.3) is 11.2 Å². The number of rotatable bonds is 14. The molecular formula is C30H49N8O6P. The lowest BCUT2D eigenvalue weighted by Crippen LogP contribution is -2.43. The van der Waals surface area contributed by atoms with Gasteiger partial charge in [0.2, 0.25) is 5.95 Å². The van der Waals surface area contributed by atoms with Crippen LogP contribution in [0.1, 0.15) is 80.7 Å². The number of anilines is 2. The molecule has 2 aliphatic rings. The normalized spacial score (nSPS) is 20.3. The van der Waals surface area contributed by atoms with E-state index < -0.39 is 31.7 Å². The Kier molecular flexibility index (Phi) is 10.6. The third-order valence-electron chi connectivity index (χ3n) is 7.06. The molecule has 0 amide bonds. The molecule has 5 N–H and O–H groups in total. The number of hydrogen-bond donors (Lipinski definition) is 4. The van der Waals surface area contributed by atoms with Crippen molar-refractivity contribution in [1.29, 1.82) is 0 Å². The van der Waals surface area contributed by atoms with E-state index >= 15 is 0 Å². The highest BCUT2D eigenvalue weighted by atomic mass is 31.2. The molecule has 1 fully saturated rings. The molecule has 0 aromatic carbocycles. The molecule has 2 aromatic heterocycles. The van der Waals surface area contributed by atoms with Gasteiger partial charge in [-0.05, 0) is 43.9 Å². The molecule has 0 radical (unpaired) electrons. The van der Waals surface area contributed by atoms with Crippen LogP contribution in [-0.4, -0.2) is 69.4 Å². The topological polar surface area (TPSA) is 185 Å². The quantitative estimate of drug-likeness (QED) is 0.129. The van der Waals surface area contributed by atoms with E-state index in [-0.39, 0.29) is 48.6 Å². The monoisotopic (exact) mass is 648 g/mol. The first-order chi connectivity index (χ1) is 20.9. The molecule has 0 saturated heterocycles. The summed E-state index contributed by atoms with van der Waals surface area (Å²) in [4.78, 5) is 38.8. The number of carbonyl (C=O) groups is 2. The predicted octanol–water partition coefficient (Wildman–Crippen LogP) is 4.36. The second-order valence-electron chi connectivity index (χ2n) is 14.5. The van der Waals surface area contributed by atoms with E-state index in [9.17, 15) is 14.2 Å². The van der Waals surface area contributed by atoms with Crippen LogP contribution in [0.3, 0.4) is 0 Å². The summed E-state index contributed by atoms with van der Waals surface area (Å²) < 4.78 is 32.9. The molecule has 4 atom stereocenters. The summed E-state index contributed by atoms with van der Waals surface area (Å²) in [5.74, 6) is -0.494. The average Bonchev–Trinajstić information content (AvgIpc) is 3.44. The summed E-state index contributed by atoms with van der Waals surface area (Å²) in [6, 6.07) is -1.67. The lowest BCUT2D eigenvalue weighted by Gasteiger charge is -2.28. The summed E-state index contributed by atoms with van der Waals surface area (Å²) in [5, 5.41) is 8.91. The molecule has 4 rings (SSSR count). The van der Waals surface area contributed by atoms with E-state index in [0.717, 1.165) is 12.8 Å². The van der Waals surface area contributed by atoms with E-state index in [0.29, 0.717) is 29.4 Å². The molecule has 2 heterocycles. The largest absolute Gasteiger partial charge is 0.464 e. The number of carbonyl (C=O) groups excluding carboxylic acids is 2. The van der Waals surface area contributed by atoms with Gasteiger partial charge < -0.3 is 29.6 Å². The number of nitrogen functional groups attached to an aromatic ring is 1. The predicted molar refractivity (Wildman–Crippen MR) is 172 cm³/mol. The minimum atomic E-state index is -3.96. The maximum absolute atomic E-state index is 14.1. The first-order valence-electron chi connectivity index (χ1n) is 15.5. The number of fused-ring (bicyclic) bond motifs is 1. The van der Waals surface area contributed by atoms with Gasteiger partial charge in [0.05, 0.1) is 32.2 Å². The van der Waals surface area contributed by atoms with Crippen LogP contribution in [0.4, 0.5) is 11.8 Å². The highest BCUT2D eigenvalue weighted by molar-refractivity contribution is 7.54. The Labute approximate surface area is 265 Å². The number of esters is 2. The van der Waals surface area contributed by atoms with Gasteiger partial charge in [-0.2, -0.15) is 9.97 Å². The molecule has 250 valence electrons. The van der Waals surface area contributed by atoms with Gasteiger partial charge >= 0.3 is 19.6 Å². The Balaban J connectivity index is 1.43. The third-order valence-corrected chi connectivity index (χ3v) is 9.03. The molecule has 45 heavy (non-hydrogen) atoms. The lowest BCUT2D eigenvalue weighted by atomic mass is 9.99. The summed E-state index contributed by atoms with van der Waals surface area (Å²) in [7, 11) is -3.96. The number of nitrogens with one attached hydrogen (secondary N) is 3. The minimum Gasteiger partial charge on any atom is -0.464 e. The molecule has 2 aliphatic carbocycles. The Morgan fingerprint density at radius 2 is 1.58 bits per heavy atom. The van der Waals surface area contributed by atoms with Crippen molar-refractivity contribution in [2.24, 2.45) is 16.7 Å². The Morgan fingerprint density at radius 3 is 2.11 bits per heavy atom. The molecule has 14 nitrogen and oxygen atoms in total. The highest BCUT2D eigenvalue weighted by Crippen LogP contribution is 2.42. The van der Waals surface area contributed by atoms with Gasteiger partial charge in [-0.15, -0.1) is 0 Å². The molecule has 0 unspecified atom stereocenters. The van der Waals surface area contributed by atoms with E-state index in [1.165, 1.54) is 0 Å². The van der Waals surface area contributed by atoms with Crippen LogP contribution < -0.4 is 21.2 Å². The van der Waals surface area contributed by atoms with Crippen LogP contribution in [-0.2, 0) is 28.2 Å². The standard InChI is InChI=1S/C30H49N8O6P/c1-18(26(39)42-15-29(3,4)5)36-45(41,37-19(2)27(40)43-16-30(6,7)8)44-14-20-9-12-22(13-20)38-17-32-23-24(33-21-10-11-21)34-28(31)35-25(23)38/h9,12,17-22H,10-11,13-16H2,1-8H3,(H2,36,37,41)(H3,31,33,34,35)/t18-,19-,20-,22+/m1/s1. The van der Waals surface area contributed by atoms with Crippen molar-refractivity contribution in [3.63, 3.8) is 0 Å². The van der Waals surface area contributed by atoms with Crippen molar-refractivity contribution in [2.45, 2.75) is 98.8 Å². The fourth-order valence-corrected chi connectivity index (χ4v) is 6.39. The van der Waals surface area contributed by atoms with Crippen LogP contribution >= 0.6 is 7.67 Å². The number of aromatic nitrogens is 4. The number of allylic oxidation sites excluding steroid dienone is 1. The second-order valence-corrected chi connectivity index (χ2v) is 16.4. The van der Waals surface area contributed by atoms with Crippen molar-refractivity contribution >= 4 is 42.5 Å². The van der Waals surface area contributed by atoms with Gasteiger partial charge in [-0.1, -0.05) is 53.7 Å². The molecular weight excluding hydrogens is 599 g/mol. The van der Waals surface area contributed by atoms with Crippen LogP contribution in [0.5, 0.6) is 0 Å². The lowest BCUT2D eigenvalue weighted by molar-refractivity contribution is -0.148. The van der Waals surface area contributed by atoms with Crippen LogP contribution in [0.2, 0.25) is 0 Å². The summed E-state index contributed by atoms with van der Waals surface area (Å²) >= 11 is 0. The van der Waals surface area contributed by atoms with Gasteiger partial charge in [0.15, 0.2) is 17.0 Å². The Morgan fingerprint density at radius 1 is 1.00 bits per heavy atom. The van der Waals surface area contributed by atoms with Crippen molar-refractivity contribution in [2.75, 3.05) is 30.9 Å². The number of imidazole rings is 1. The second kappa shape index (κ2) is 13.7. The maximum Gasteiger partial charge on any atom is 0.342 e. The molecule has 1 saturated carbocycles. The zero-order valence-corrected chi connectivity index (χ0v) is 28.5. The fraction of sp³-hybridized carbons (Fsp3) is 0.700. The average molecular weight is 649 g/mol. The van der Waals surface area contributed by atoms with E-state index in [2.05, 4.69) is 30.4 Å². The van der Waals surface area contributed by atoms with Crippen LogP contribution in [0, 0.1) is 16.7 Å². The van der Waals surface area contributed by atoms with Gasteiger partial charge in [0.25, 0.3) is 0 Å². The SMILES string of the molecule is C[C@@H](NP(=O)(N[C@H](C)C(=O)OCC(C)(C)C)OC[C@@H]1C=C[C@H](n2cnc3c(NC4CC4)nc(N)nc32)C1)C(=O)OCC(C)(C)C. The number of hydrogen-bond acceptors (Lipinski definition) is 11.